The summed E-state index contributed by atoms with van der Waals surface area (Å²) in [5, 5.41) is 9.64. The average Bonchev–Trinajstić information content (AvgIpc) is 3.37. The molecule has 11 heteroatoms. The van der Waals surface area contributed by atoms with Crippen LogP contribution >= 0.6 is 0 Å². The zero-order valence-electron chi connectivity index (χ0n) is 27.4. The summed E-state index contributed by atoms with van der Waals surface area (Å²) in [6.45, 7) is 4.54. The Morgan fingerprint density at radius 1 is 0.875 bits per heavy atom. The number of fused-ring (bicyclic) bond motifs is 7. The lowest BCUT2D eigenvalue weighted by Crippen LogP contribution is -2.37. The molecule has 2 N–H and O–H groups in total. The average molecular weight is 645 g/mol. The van der Waals surface area contributed by atoms with Gasteiger partial charge in [0.2, 0.25) is 0 Å². The summed E-state index contributed by atoms with van der Waals surface area (Å²) in [4.78, 5) is 14.2. The van der Waals surface area contributed by atoms with E-state index < -0.39 is 0 Å². The highest BCUT2D eigenvalue weighted by Crippen LogP contribution is 2.61. The van der Waals surface area contributed by atoms with Crippen molar-refractivity contribution in [3.05, 3.63) is 92.7 Å². The number of nitrogens with two attached hydrogens (primary N) is 1. The molecule has 1 saturated carbocycles. The lowest BCUT2D eigenvalue weighted by atomic mass is 9.61. The van der Waals surface area contributed by atoms with Gasteiger partial charge in [0.25, 0.3) is 0 Å². The van der Waals surface area contributed by atoms with Gasteiger partial charge in [-0.05, 0) is 119 Å². The number of methoxy groups -OCH3 is 1. The second-order valence-electron chi connectivity index (χ2n) is 13.4. The third-order valence-electron chi connectivity index (χ3n) is 10.6. The van der Waals surface area contributed by atoms with Crippen LogP contribution in [0.3, 0.4) is 0 Å². The van der Waals surface area contributed by atoms with Crippen LogP contribution < -0.4 is 25.1 Å². The van der Waals surface area contributed by atoms with Gasteiger partial charge in [-0.25, -0.2) is 0 Å². The number of piperidine rings is 1. The number of nitrogens with zero attached hydrogens (tertiary/aromatic N) is 7. The van der Waals surface area contributed by atoms with Crippen molar-refractivity contribution in [3.63, 3.8) is 0 Å². The predicted molar refractivity (Wildman–Crippen MR) is 188 cm³/mol. The van der Waals surface area contributed by atoms with Crippen molar-refractivity contribution >= 4 is 16.5 Å². The molecule has 246 valence electrons. The first-order chi connectivity index (χ1) is 23.5. The van der Waals surface area contributed by atoms with Gasteiger partial charge in [0, 0.05) is 63.1 Å². The van der Waals surface area contributed by atoms with Crippen molar-refractivity contribution < 1.29 is 14.3 Å². The Kier molecular flexibility index (Phi) is 8.67. The molecule has 0 bridgehead atoms. The maximum Gasteiger partial charge on any atom is 0.167 e. The largest absolute Gasteiger partial charge is 0.497 e. The van der Waals surface area contributed by atoms with Gasteiger partial charge < -0.3 is 19.2 Å². The van der Waals surface area contributed by atoms with Crippen molar-refractivity contribution in [2.75, 3.05) is 38.4 Å². The first-order valence-electron chi connectivity index (χ1n) is 16.7. The molecule has 3 aliphatic rings. The molecule has 1 heterocycles. The summed E-state index contributed by atoms with van der Waals surface area (Å²) >= 11 is 0. The van der Waals surface area contributed by atoms with Crippen LogP contribution in [0.15, 0.2) is 70.9 Å². The Morgan fingerprint density at radius 2 is 1.69 bits per heavy atom. The zero-order valence-corrected chi connectivity index (χ0v) is 27.4. The summed E-state index contributed by atoms with van der Waals surface area (Å²) in [6, 6.07) is 21.1. The molecule has 2 aliphatic carbocycles. The van der Waals surface area contributed by atoms with Crippen LogP contribution in [0, 0.1) is 11.8 Å². The zero-order chi connectivity index (χ0) is 33.3. The predicted octanol–water partition coefficient (Wildman–Crippen LogP) is 9.42. The van der Waals surface area contributed by atoms with Gasteiger partial charge in [0.15, 0.2) is 12.5 Å². The molecule has 4 aromatic rings. The molecule has 48 heavy (non-hydrogen) atoms. The molecule has 1 aliphatic heterocycles. The minimum atomic E-state index is -0.247. The van der Waals surface area contributed by atoms with Crippen molar-refractivity contribution in [1.29, 1.82) is 0 Å². The summed E-state index contributed by atoms with van der Waals surface area (Å²) in [6.07, 6.45) is 6.34. The van der Waals surface area contributed by atoms with E-state index in [0.717, 1.165) is 72.8 Å². The van der Waals surface area contributed by atoms with E-state index in [9.17, 15) is 0 Å². The Morgan fingerprint density at radius 3 is 2.46 bits per heavy atom. The highest BCUT2D eigenvalue weighted by molar-refractivity contribution is 6.09. The number of anilines is 1. The quantitative estimate of drug-likeness (QED) is 0.0832. The third kappa shape index (κ3) is 5.40. The minimum absolute atomic E-state index is 0.147. The van der Waals surface area contributed by atoms with Gasteiger partial charge in [0.1, 0.15) is 11.5 Å². The molecule has 3 unspecified atom stereocenters. The monoisotopic (exact) mass is 644 g/mol. The summed E-state index contributed by atoms with van der Waals surface area (Å²) in [7, 11) is 1.61. The van der Waals surface area contributed by atoms with E-state index in [4.69, 9.17) is 31.3 Å². The highest BCUT2D eigenvalue weighted by Gasteiger charge is 2.48. The molecular weight excluding hydrogens is 604 g/mol. The van der Waals surface area contributed by atoms with E-state index in [0.29, 0.717) is 29.7 Å². The Bertz CT molecular complexity index is 1960. The fourth-order valence-corrected chi connectivity index (χ4v) is 8.80. The number of azide groups is 2. The molecule has 0 amide bonds. The Labute approximate surface area is 279 Å². The normalized spacial score (nSPS) is 21.2. The highest BCUT2D eigenvalue weighted by atomic mass is 16.6. The number of hydrogen-bond acceptors (Lipinski definition) is 7. The van der Waals surface area contributed by atoms with E-state index in [1.807, 2.05) is 18.2 Å². The van der Waals surface area contributed by atoms with E-state index in [1.54, 1.807) is 7.11 Å². The Hall–Kier alpha value is -5.08. The smallest absolute Gasteiger partial charge is 0.167 e. The summed E-state index contributed by atoms with van der Waals surface area (Å²) in [5.74, 6) is 8.64. The molecule has 3 atom stereocenters. The molecular formula is C37H40N8O3. The van der Waals surface area contributed by atoms with Gasteiger partial charge in [-0.15, -0.1) is 0 Å². The van der Waals surface area contributed by atoms with Gasteiger partial charge in [-0.2, -0.15) is 5.90 Å². The molecule has 4 aromatic carbocycles. The van der Waals surface area contributed by atoms with Crippen LogP contribution in [0.4, 0.5) is 5.69 Å². The van der Waals surface area contributed by atoms with Gasteiger partial charge >= 0.3 is 0 Å². The first-order valence-corrected chi connectivity index (χ1v) is 16.7. The van der Waals surface area contributed by atoms with Crippen molar-refractivity contribution in [1.82, 2.24) is 0 Å². The standard InChI is InChI=1S/C37H40N8O3/c1-23-14-24(21-41-43-38)20-37(19-23)31-9-5-4-8-27(31)36-30-17-33(45-12-6-3-7-13-45)28(16-29(30)35(48-40)18-32(36)37)26-11-10-25(46-2)15-34(26)47-22-42-44-39/h4-5,8-11,15-18,23-24H,3,6-7,12-14,19-22,40H2,1-2H3. The maximum atomic E-state index is 9.15. The van der Waals surface area contributed by atoms with Crippen LogP contribution in [-0.2, 0) is 5.41 Å². The Balaban J connectivity index is 1.50. The van der Waals surface area contributed by atoms with Gasteiger partial charge in [-0.3, -0.25) is 0 Å². The van der Waals surface area contributed by atoms with E-state index in [-0.39, 0.29) is 18.1 Å². The van der Waals surface area contributed by atoms with E-state index >= 15 is 0 Å². The fourth-order valence-electron chi connectivity index (χ4n) is 8.80. The van der Waals surface area contributed by atoms with E-state index in [1.165, 1.54) is 28.7 Å². The maximum absolute atomic E-state index is 9.15. The lowest BCUT2D eigenvalue weighted by molar-refractivity contribution is 0.205. The van der Waals surface area contributed by atoms with Crippen LogP contribution in [0.1, 0.15) is 56.6 Å². The van der Waals surface area contributed by atoms with Crippen LogP contribution in [-0.4, -0.2) is 33.5 Å². The van der Waals surface area contributed by atoms with Crippen molar-refractivity contribution in [2.24, 2.45) is 28.0 Å². The number of benzene rings is 4. The molecule has 1 saturated heterocycles. The molecule has 2 fully saturated rings. The SMILES string of the molecule is COc1ccc(-c2cc3c(ON)cc4c(c3cc2N2CCCCC2)-c2ccccc2C42CC(C)CC(CN=[N+]=[N-])C2)c(OCN=[N+]=[N-])c1. The summed E-state index contributed by atoms with van der Waals surface area (Å²) in [5.41, 5.74) is 25.8. The first kappa shape index (κ1) is 31.5. The van der Waals surface area contributed by atoms with Gasteiger partial charge in [-0.1, -0.05) is 41.4 Å². The van der Waals surface area contributed by atoms with Crippen LogP contribution in [0.25, 0.3) is 53.9 Å². The molecule has 11 nitrogen and oxygen atoms in total. The van der Waals surface area contributed by atoms with E-state index in [2.05, 4.69) is 74.3 Å². The van der Waals surface area contributed by atoms with Crippen LogP contribution in [0.2, 0.25) is 0 Å². The second-order valence-corrected chi connectivity index (χ2v) is 13.4. The number of rotatable bonds is 9. The van der Waals surface area contributed by atoms with Crippen molar-refractivity contribution in [2.45, 2.75) is 50.9 Å². The number of ether oxygens (including phenoxy) is 2. The number of hydrogen-bond donors (Lipinski definition) is 1. The lowest BCUT2D eigenvalue weighted by Gasteiger charge is -2.43. The molecule has 1 spiro atoms. The molecule has 7 rings (SSSR count). The fraction of sp³-hybridized carbons (Fsp3) is 0.405. The summed E-state index contributed by atoms with van der Waals surface area (Å²) < 4.78 is 11.6. The molecule has 0 radical (unpaired) electrons. The second kappa shape index (κ2) is 13.2. The molecule has 0 aromatic heterocycles. The van der Waals surface area contributed by atoms with Crippen molar-refractivity contribution in [3.8, 4) is 39.5 Å². The topological polar surface area (TPSA) is 154 Å². The van der Waals surface area contributed by atoms with Gasteiger partial charge in [0.05, 0.1) is 7.11 Å². The van der Waals surface area contributed by atoms with Crippen LogP contribution in [0.5, 0.6) is 17.2 Å². The third-order valence-corrected chi connectivity index (χ3v) is 10.6. The minimum Gasteiger partial charge on any atom is -0.497 e.